The highest BCUT2D eigenvalue weighted by Gasteiger charge is 2.28. The number of rotatable bonds is 3. The first-order valence-electron chi connectivity index (χ1n) is 6.99. The van der Waals surface area contributed by atoms with Crippen LogP contribution < -0.4 is 0 Å². The molecule has 0 spiro atoms. The number of piperazine rings is 1. The molecule has 1 aromatic heterocycles. The van der Waals surface area contributed by atoms with Gasteiger partial charge >= 0.3 is 0 Å². The summed E-state index contributed by atoms with van der Waals surface area (Å²) in [6.07, 6.45) is 3.68. The lowest BCUT2D eigenvalue weighted by atomic mass is 10.1. The predicted octanol–water partition coefficient (Wildman–Crippen LogP) is 3.21. The molecule has 1 saturated heterocycles. The molecule has 1 aliphatic rings. The zero-order valence-electron chi connectivity index (χ0n) is 11.9. The average molecular weight is 325 g/mol. The lowest BCUT2D eigenvalue weighted by molar-refractivity contribution is 0.0789. The summed E-state index contributed by atoms with van der Waals surface area (Å²) in [6.45, 7) is 3.79. The molecule has 6 heteroatoms. The van der Waals surface area contributed by atoms with Crippen LogP contribution in [0, 0.1) is 0 Å². The van der Waals surface area contributed by atoms with Crippen LogP contribution in [-0.4, -0.2) is 46.4 Å². The molecule has 21 heavy (non-hydrogen) atoms. The Hall–Kier alpha value is -1.07. The fraction of sp³-hybridized carbons (Fsp3) is 0.400. The smallest absolute Gasteiger partial charge is 0.124 e. The number of hydrogen-bond donors (Lipinski definition) is 1. The number of imidazole rings is 1. The van der Waals surface area contributed by atoms with Gasteiger partial charge in [0.25, 0.3) is 0 Å². The van der Waals surface area contributed by atoms with Crippen molar-refractivity contribution in [3.63, 3.8) is 0 Å². The van der Waals surface area contributed by atoms with Crippen LogP contribution in [0.2, 0.25) is 10.0 Å². The van der Waals surface area contributed by atoms with E-state index in [4.69, 9.17) is 23.2 Å². The van der Waals surface area contributed by atoms with E-state index in [1.807, 2.05) is 18.3 Å². The van der Waals surface area contributed by atoms with E-state index in [-0.39, 0.29) is 6.04 Å². The number of halogens is 2. The van der Waals surface area contributed by atoms with Gasteiger partial charge in [0.2, 0.25) is 0 Å². The van der Waals surface area contributed by atoms with Crippen molar-refractivity contribution in [2.24, 2.45) is 0 Å². The third-order valence-corrected chi connectivity index (χ3v) is 4.50. The maximum absolute atomic E-state index is 6.31. The van der Waals surface area contributed by atoms with Crippen molar-refractivity contribution in [1.82, 2.24) is 19.8 Å². The van der Waals surface area contributed by atoms with Crippen LogP contribution in [0.25, 0.3) is 0 Å². The van der Waals surface area contributed by atoms with E-state index in [1.54, 1.807) is 12.3 Å². The minimum absolute atomic E-state index is 0.255. The van der Waals surface area contributed by atoms with Crippen molar-refractivity contribution >= 4 is 23.2 Å². The van der Waals surface area contributed by atoms with Crippen LogP contribution in [0.4, 0.5) is 0 Å². The van der Waals surface area contributed by atoms with E-state index in [0.717, 1.165) is 42.6 Å². The van der Waals surface area contributed by atoms with E-state index in [9.17, 15) is 0 Å². The monoisotopic (exact) mass is 324 g/mol. The molecule has 112 valence electrons. The van der Waals surface area contributed by atoms with Crippen molar-refractivity contribution in [1.29, 1.82) is 0 Å². The Kier molecular flexibility index (Phi) is 4.50. The summed E-state index contributed by atoms with van der Waals surface area (Å²) in [6, 6.07) is 5.95. The average Bonchev–Trinajstić information content (AvgIpc) is 2.97. The molecule has 1 atom stereocenters. The number of benzene rings is 1. The Labute approximate surface area is 134 Å². The van der Waals surface area contributed by atoms with Crippen LogP contribution >= 0.6 is 23.2 Å². The van der Waals surface area contributed by atoms with Crippen molar-refractivity contribution in [2.75, 3.05) is 26.7 Å². The van der Waals surface area contributed by atoms with Gasteiger partial charge in [-0.15, -0.1) is 0 Å². The highest BCUT2D eigenvalue weighted by Crippen LogP contribution is 2.28. The predicted molar refractivity (Wildman–Crippen MR) is 85.7 cm³/mol. The molecule has 1 aromatic carbocycles. The lowest BCUT2D eigenvalue weighted by Crippen LogP contribution is -2.46. The summed E-state index contributed by atoms with van der Waals surface area (Å²) in [5.74, 6) is 1.01. The van der Waals surface area contributed by atoms with E-state index in [1.165, 1.54) is 0 Å². The van der Waals surface area contributed by atoms with Gasteiger partial charge in [-0.3, -0.25) is 4.90 Å². The van der Waals surface area contributed by atoms with E-state index in [2.05, 4.69) is 26.8 Å². The Balaban J connectivity index is 1.81. The Bertz CT molecular complexity index is 600. The highest BCUT2D eigenvalue weighted by atomic mass is 35.5. The van der Waals surface area contributed by atoms with Gasteiger partial charge in [-0.05, 0) is 24.7 Å². The first-order chi connectivity index (χ1) is 10.1. The van der Waals surface area contributed by atoms with Crippen molar-refractivity contribution in [3.05, 3.63) is 52.0 Å². The van der Waals surface area contributed by atoms with Gasteiger partial charge in [0.05, 0.1) is 6.04 Å². The first-order valence-corrected chi connectivity index (χ1v) is 7.75. The maximum atomic E-state index is 6.31. The maximum Gasteiger partial charge on any atom is 0.124 e. The van der Waals surface area contributed by atoms with Gasteiger partial charge in [-0.1, -0.05) is 29.3 Å². The van der Waals surface area contributed by atoms with Gasteiger partial charge in [-0.25, -0.2) is 4.98 Å². The summed E-state index contributed by atoms with van der Waals surface area (Å²) in [5.41, 5.74) is 1.10. The molecule has 2 aromatic rings. The Morgan fingerprint density at radius 1 is 1.33 bits per heavy atom. The summed E-state index contributed by atoms with van der Waals surface area (Å²) in [5, 5.41) is 1.39. The minimum atomic E-state index is 0.255. The van der Waals surface area contributed by atoms with Crippen molar-refractivity contribution < 1.29 is 0 Å². The third-order valence-electron chi connectivity index (χ3n) is 3.92. The van der Waals surface area contributed by atoms with E-state index in [0.29, 0.717) is 5.02 Å². The fourth-order valence-electron chi connectivity index (χ4n) is 2.73. The number of nitrogens with one attached hydrogen (secondary N) is 1. The highest BCUT2D eigenvalue weighted by molar-refractivity contribution is 6.35. The molecule has 0 amide bonds. The standard InChI is InChI=1S/C15H18Cl2N4/c1-20-6-7-21(14(10-20)15-18-4-5-19-15)9-11-2-3-12(16)8-13(11)17/h2-5,8,14H,6-7,9-10H2,1H3,(H,18,19). The molecule has 0 saturated carbocycles. The fourth-order valence-corrected chi connectivity index (χ4v) is 3.20. The van der Waals surface area contributed by atoms with Crippen LogP contribution in [0.1, 0.15) is 17.4 Å². The van der Waals surface area contributed by atoms with Gasteiger partial charge in [0.15, 0.2) is 0 Å². The summed E-state index contributed by atoms with van der Waals surface area (Å²) < 4.78 is 0. The second-order valence-corrected chi connectivity index (χ2v) is 6.30. The lowest BCUT2D eigenvalue weighted by Gasteiger charge is -2.39. The van der Waals surface area contributed by atoms with E-state index < -0.39 is 0 Å². The molecule has 4 nitrogen and oxygen atoms in total. The number of aromatic nitrogens is 2. The van der Waals surface area contributed by atoms with Crippen LogP contribution in [0.3, 0.4) is 0 Å². The van der Waals surface area contributed by atoms with Gasteiger partial charge in [0.1, 0.15) is 5.82 Å². The largest absolute Gasteiger partial charge is 0.347 e. The second kappa shape index (κ2) is 6.36. The van der Waals surface area contributed by atoms with Gasteiger partial charge < -0.3 is 9.88 Å². The molecule has 2 heterocycles. The number of aromatic amines is 1. The molecule has 1 aliphatic heterocycles. The second-order valence-electron chi connectivity index (χ2n) is 5.46. The number of likely N-dealkylation sites (N-methyl/N-ethyl adjacent to an activating group) is 1. The topological polar surface area (TPSA) is 35.2 Å². The van der Waals surface area contributed by atoms with Gasteiger partial charge in [0, 0.05) is 48.6 Å². The van der Waals surface area contributed by atoms with Crippen LogP contribution in [0.5, 0.6) is 0 Å². The normalized spacial score (nSPS) is 20.8. The number of nitrogens with zero attached hydrogens (tertiary/aromatic N) is 3. The zero-order chi connectivity index (χ0) is 14.8. The zero-order valence-corrected chi connectivity index (χ0v) is 13.4. The molecule has 0 radical (unpaired) electrons. The molecule has 0 bridgehead atoms. The molecular formula is C15H18Cl2N4. The summed E-state index contributed by atoms with van der Waals surface area (Å²) in [7, 11) is 2.14. The van der Waals surface area contributed by atoms with Crippen LogP contribution in [0.15, 0.2) is 30.6 Å². The SMILES string of the molecule is CN1CCN(Cc2ccc(Cl)cc2Cl)C(c2ncc[nH]2)C1. The third kappa shape index (κ3) is 3.40. The Morgan fingerprint density at radius 3 is 2.90 bits per heavy atom. The van der Waals surface area contributed by atoms with Crippen molar-refractivity contribution in [3.8, 4) is 0 Å². The molecule has 1 N–H and O–H groups in total. The molecule has 1 fully saturated rings. The Morgan fingerprint density at radius 2 is 2.19 bits per heavy atom. The summed E-state index contributed by atoms with van der Waals surface area (Å²) in [4.78, 5) is 12.4. The van der Waals surface area contributed by atoms with Gasteiger partial charge in [-0.2, -0.15) is 0 Å². The van der Waals surface area contributed by atoms with Crippen LogP contribution in [-0.2, 0) is 6.54 Å². The quantitative estimate of drug-likeness (QED) is 0.941. The summed E-state index contributed by atoms with van der Waals surface area (Å²) >= 11 is 12.3. The molecule has 1 unspecified atom stereocenters. The number of H-pyrrole nitrogens is 1. The molecular weight excluding hydrogens is 307 g/mol. The number of hydrogen-bond acceptors (Lipinski definition) is 3. The van der Waals surface area contributed by atoms with E-state index >= 15 is 0 Å². The molecule has 3 rings (SSSR count). The minimum Gasteiger partial charge on any atom is -0.347 e. The molecule has 0 aliphatic carbocycles. The first kappa shape index (κ1) is 14.9. The van der Waals surface area contributed by atoms with Crippen molar-refractivity contribution in [2.45, 2.75) is 12.6 Å².